The number of anilines is 1. The number of carbonyl (C=O) groups is 1. The van der Waals surface area contributed by atoms with E-state index >= 15 is 0 Å². The van der Waals surface area contributed by atoms with E-state index in [4.69, 9.17) is 9.47 Å². The second-order valence-electron chi connectivity index (χ2n) is 10.4. The molecule has 1 aliphatic rings. The summed E-state index contributed by atoms with van der Waals surface area (Å²) in [6.07, 6.45) is 2.43. The lowest BCUT2D eigenvalue weighted by Crippen LogP contribution is -2.49. The minimum Gasteiger partial charge on any atom is -0.493 e. The summed E-state index contributed by atoms with van der Waals surface area (Å²) in [6, 6.07) is 27.5. The Balaban J connectivity index is 1.41. The van der Waals surface area contributed by atoms with Gasteiger partial charge in [0.05, 0.1) is 14.2 Å². The first-order valence-electron chi connectivity index (χ1n) is 13.5. The molecule has 3 aromatic rings. The van der Waals surface area contributed by atoms with Crippen molar-refractivity contribution in [2.45, 2.75) is 31.2 Å². The number of nitrogens with one attached hydrogen (secondary N) is 1. The number of methoxy groups -OCH3 is 2. The van der Waals surface area contributed by atoms with Crippen LogP contribution in [0.1, 0.15) is 36.3 Å². The molecule has 0 aliphatic carbocycles. The first-order valence-corrected chi connectivity index (χ1v) is 13.5. The third kappa shape index (κ3) is 7.15. The molecule has 4 rings (SSSR count). The number of carbonyl (C=O) groups excluding carboxylic acids is 1. The summed E-state index contributed by atoms with van der Waals surface area (Å²) in [5, 5.41) is 3.04. The van der Waals surface area contributed by atoms with Crippen LogP contribution < -0.4 is 14.8 Å². The Hall–Kier alpha value is -3.35. The SMILES string of the molecule is COc1ccc(NC(=O)CC[C@H]2CN(CC(c3ccccc3)c3ccccc3)CC[C@H]2N(C)C)cc1OC. The molecule has 0 saturated carbocycles. The van der Waals surface area contributed by atoms with Crippen LogP contribution in [-0.2, 0) is 4.79 Å². The smallest absolute Gasteiger partial charge is 0.224 e. The van der Waals surface area contributed by atoms with Crippen LogP contribution in [0.15, 0.2) is 78.9 Å². The van der Waals surface area contributed by atoms with Crippen molar-refractivity contribution in [3.8, 4) is 11.5 Å². The Bertz CT molecular complexity index is 1110. The van der Waals surface area contributed by atoms with E-state index < -0.39 is 0 Å². The first kappa shape index (κ1) is 27.7. The molecule has 0 aromatic heterocycles. The van der Waals surface area contributed by atoms with Gasteiger partial charge in [-0.2, -0.15) is 0 Å². The van der Waals surface area contributed by atoms with Crippen molar-refractivity contribution in [1.82, 2.24) is 9.80 Å². The highest BCUT2D eigenvalue weighted by Crippen LogP contribution is 2.32. The van der Waals surface area contributed by atoms with Crippen molar-refractivity contribution in [3.05, 3.63) is 90.0 Å². The molecule has 6 heteroatoms. The number of piperidine rings is 1. The summed E-state index contributed by atoms with van der Waals surface area (Å²) >= 11 is 0. The lowest BCUT2D eigenvalue weighted by Gasteiger charge is -2.43. The van der Waals surface area contributed by atoms with E-state index in [1.807, 2.05) is 12.1 Å². The summed E-state index contributed by atoms with van der Waals surface area (Å²) in [4.78, 5) is 17.8. The first-order chi connectivity index (χ1) is 18.5. The maximum Gasteiger partial charge on any atom is 0.224 e. The van der Waals surface area contributed by atoms with E-state index in [9.17, 15) is 4.79 Å². The molecular formula is C32H41N3O3. The zero-order chi connectivity index (χ0) is 26.9. The van der Waals surface area contributed by atoms with E-state index in [0.29, 0.717) is 35.8 Å². The van der Waals surface area contributed by atoms with Gasteiger partial charge in [-0.05, 0) is 62.7 Å². The number of hydrogen-bond acceptors (Lipinski definition) is 5. The molecule has 1 heterocycles. The van der Waals surface area contributed by atoms with Gasteiger partial charge in [-0.1, -0.05) is 60.7 Å². The van der Waals surface area contributed by atoms with Crippen LogP contribution in [0.3, 0.4) is 0 Å². The van der Waals surface area contributed by atoms with E-state index in [1.165, 1.54) is 11.1 Å². The minimum atomic E-state index is 0.0262. The summed E-state index contributed by atoms with van der Waals surface area (Å²) in [6.45, 7) is 3.03. The molecule has 1 amide bonds. The summed E-state index contributed by atoms with van der Waals surface area (Å²) in [5.41, 5.74) is 3.41. The van der Waals surface area contributed by atoms with Gasteiger partial charge in [-0.15, -0.1) is 0 Å². The van der Waals surface area contributed by atoms with E-state index in [0.717, 1.165) is 38.2 Å². The molecule has 0 radical (unpaired) electrons. The van der Waals surface area contributed by atoms with Crippen molar-refractivity contribution in [3.63, 3.8) is 0 Å². The summed E-state index contributed by atoms with van der Waals surface area (Å²) < 4.78 is 10.7. The van der Waals surface area contributed by atoms with E-state index in [1.54, 1.807) is 20.3 Å². The van der Waals surface area contributed by atoms with Gasteiger partial charge in [0.15, 0.2) is 11.5 Å². The van der Waals surface area contributed by atoms with Gasteiger partial charge in [-0.25, -0.2) is 0 Å². The van der Waals surface area contributed by atoms with Crippen LogP contribution in [-0.4, -0.2) is 69.7 Å². The van der Waals surface area contributed by atoms with Crippen LogP contribution in [0.25, 0.3) is 0 Å². The molecule has 0 unspecified atom stereocenters. The topological polar surface area (TPSA) is 54.0 Å². The normalized spacial score (nSPS) is 17.9. The zero-order valence-corrected chi connectivity index (χ0v) is 23.1. The fourth-order valence-corrected chi connectivity index (χ4v) is 5.71. The number of hydrogen-bond donors (Lipinski definition) is 1. The minimum absolute atomic E-state index is 0.0262. The zero-order valence-electron chi connectivity index (χ0n) is 23.1. The maximum atomic E-state index is 12.9. The van der Waals surface area contributed by atoms with E-state index in [2.05, 4.69) is 89.9 Å². The van der Waals surface area contributed by atoms with Crippen molar-refractivity contribution in [2.75, 3.05) is 53.3 Å². The molecule has 3 aromatic carbocycles. The molecule has 1 N–H and O–H groups in total. The molecule has 1 aliphatic heterocycles. The number of nitrogens with zero attached hydrogens (tertiary/aromatic N) is 2. The fourth-order valence-electron chi connectivity index (χ4n) is 5.71. The monoisotopic (exact) mass is 515 g/mol. The molecule has 1 fully saturated rings. The van der Waals surface area contributed by atoms with E-state index in [-0.39, 0.29) is 5.91 Å². The largest absolute Gasteiger partial charge is 0.493 e. The molecule has 0 bridgehead atoms. The fraction of sp³-hybridized carbons (Fsp3) is 0.406. The number of ether oxygens (including phenoxy) is 2. The molecule has 1 saturated heterocycles. The molecule has 0 spiro atoms. The quantitative estimate of drug-likeness (QED) is 0.365. The summed E-state index contributed by atoms with van der Waals surface area (Å²) in [5.74, 6) is 2.01. The second kappa shape index (κ2) is 13.4. The molecular weight excluding hydrogens is 474 g/mol. The van der Waals surface area contributed by atoms with Gasteiger partial charge < -0.3 is 24.6 Å². The molecule has 6 nitrogen and oxygen atoms in total. The molecule has 2 atom stereocenters. The average Bonchev–Trinajstić information content (AvgIpc) is 2.95. The van der Waals surface area contributed by atoms with Crippen molar-refractivity contribution in [1.29, 1.82) is 0 Å². The Labute approximate surface area is 227 Å². The Morgan fingerprint density at radius 3 is 2.16 bits per heavy atom. The summed E-state index contributed by atoms with van der Waals surface area (Å²) in [7, 11) is 7.52. The van der Waals surface area contributed by atoms with Crippen molar-refractivity contribution in [2.24, 2.45) is 5.92 Å². The number of likely N-dealkylation sites (tertiary alicyclic amines) is 1. The Morgan fingerprint density at radius 2 is 1.58 bits per heavy atom. The number of amides is 1. The van der Waals surface area contributed by atoms with Crippen molar-refractivity contribution >= 4 is 11.6 Å². The molecule has 38 heavy (non-hydrogen) atoms. The van der Waals surface area contributed by atoms with Crippen LogP contribution in [0.4, 0.5) is 5.69 Å². The maximum absolute atomic E-state index is 12.9. The van der Waals surface area contributed by atoms with Crippen LogP contribution >= 0.6 is 0 Å². The Kier molecular flexibility index (Phi) is 9.79. The predicted molar refractivity (Wildman–Crippen MR) is 154 cm³/mol. The van der Waals surface area contributed by atoms with Crippen LogP contribution in [0.2, 0.25) is 0 Å². The van der Waals surface area contributed by atoms with Gasteiger partial charge in [-0.3, -0.25) is 4.79 Å². The molecule has 202 valence electrons. The highest BCUT2D eigenvalue weighted by molar-refractivity contribution is 5.91. The van der Waals surface area contributed by atoms with Gasteiger partial charge in [0.2, 0.25) is 5.91 Å². The predicted octanol–water partition coefficient (Wildman–Crippen LogP) is 5.51. The van der Waals surface area contributed by atoms with Crippen LogP contribution in [0, 0.1) is 5.92 Å². The lowest BCUT2D eigenvalue weighted by atomic mass is 9.85. The van der Waals surface area contributed by atoms with Gasteiger partial charge in [0.25, 0.3) is 0 Å². The second-order valence-corrected chi connectivity index (χ2v) is 10.4. The van der Waals surface area contributed by atoms with Crippen molar-refractivity contribution < 1.29 is 14.3 Å². The van der Waals surface area contributed by atoms with Crippen LogP contribution in [0.5, 0.6) is 11.5 Å². The standard InChI is InChI=1S/C32H41N3O3/c1-34(2)29-19-20-35(23-28(24-11-7-5-8-12-24)25-13-9-6-10-14-25)22-26(29)15-18-32(36)33-27-16-17-30(37-3)31(21-27)38-4/h5-14,16-17,21,26,28-29H,15,18-20,22-23H2,1-4H3,(H,33,36)/t26-,29+/m0/s1. The highest BCUT2D eigenvalue weighted by atomic mass is 16.5. The average molecular weight is 516 g/mol. The number of benzene rings is 3. The third-order valence-electron chi connectivity index (χ3n) is 7.70. The highest BCUT2D eigenvalue weighted by Gasteiger charge is 2.32. The lowest BCUT2D eigenvalue weighted by molar-refractivity contribution is -0.116. The third-order valence-corrected chi connectivity index (χ3v) is 7.70. The number of rotatable bonds is 11. The van der Waals surface area contributed by atoms with Gasteiger partial charge in [0, 0.05) is 43.2 Å². The van der Waals surface area contributed by atoms with Gasteiger partial charge in [0.1, 0.15) is 0 Å². The Morgan fingerprint density at radius 1 is 0.947 bits per heavy atom. The van der Waals surface area contributed by atoms with Gasteiger partial charge >= 0.3 is 0 Å².